The van der Waals surface area contributed by atoms with E-state index in [2.05, 4.69) is 25.8 Å². The predicted octanol–water partition coefficient (Wildman–Crippen LogP) is 2.23. The third-order valence-electron chi connectivity index (χ3n) is 2.77. The number of aliphatic hydroxyl groups is 1. The van der Waals surface area contributed by atoms with Gasteiger partial charge in [-0.1, -0.05) is 20.8 Å². The van der Waals surface area contributed by atoms with Crippen molar-refractivity contribution in [3.8, 4) is 0 Å². The molecule has 0 spiro atoms. The summed E-state index contributed by atoms with van der Waals surface area (Å²) < 4.78 is 5.74. The second kappa shape index (κ2) is 6.10. The van der Waals surface area contributed by atoms with E-state index in [9.17, 15) is 5.11 Å². The summed E-state index contributed by atoms with van der Waals surface area (Å²) in [6.45, 7) is 10.3. The summed E-state index contributed by atoms with van der Waals surface area (Å²) in [6, 6.07) is 0. The van der Waals surface area contributed by atoms with Crippen molar-refractivity contribution in [2.45, 2.75) is 58.3 Å². The molecule has 0 aliphatic heterocycles. The third-order valence-corrected chi connectivity index (χ3v) is 4.05. The minimum Gasteiger partial charge on any atom is -0.391 e. The average Bonchev–Trinajstić information content (AvgIpc) is 2.73. The van der Waals surface area contributed by atoms with Gasteiger partial charge in [-0.3, -0.25) is 0 Å². The van der Waals surface area contributed by atoms with Crippen LogP contribution in [0.3, 0.4) is 0 Å². The van der Waals surface area contributed by atoms with Gasteiger partial charge in [0, 0.05) is 17.3 Å². The second-order valence-electron chi connectivity index (χ2n) is 5.63. The fourth-order valence-electron chi connectivity index (χ4n) is 1.40. The molecule has 0 aliphatic carbocycles. The quantitative estimate of drug-likeness (QED) is 0.862. The molecule has 1 aromatic rings. The maximum atomic E-state index is 9.46. The Morgan fingerprint density at radius 3 is 2.44 bits per heavy atom. The highest BCUT2D eigenvalue weighted by Gasteiger charge is 2.23. The van der Waals surface area contributed by atoms with Crippen molar-refractivity contribution in [1.82, 2.24) is 4.98 Å². The Bertz CT molecular complexity index is 371. The van der Waals surface area contributed by atoms with Crippen LogP contribution in [0.5, 0.6) is 0 Å². The van der Waals surface area contributed by atoms with E-state index >= 15 is 0 Å². The fraction of sp³-hybridized carbons (Fsp3) is 0.769. The number of nitrogens with two attached hydrogens (primary N) is 1. The molecular formula is C13H24N2O2S. The zero-order chi connectivity index (χ0) is 13.9. The summed E-state index contributed by atoms with van der Waals surface area (Å²) in [5.41, 5.74) is 6.63. The summed E-state index contributed by atoms with van der Waals surface area (Å²) in [5.74, 6) is 0. The van der Waals surface area contributed by atoms with Gasteiger partial charge >= 0.3 is 0 Å². The van der Waals surface area contributed by atoms with Crippen LogP contribution in [0.2, 0.25) is 0 Å². The molecule has 3 N–H and O–H groups in total. The molecule has 5 heteroatoms. The largest absolute Gasteiger partial charge is 0.391 e. The van der Waals surface area contributed by atoms with E-state index < -0.39 is 6.10 Å². The van der Waals surface area contributed by atoms with Crippen molar-refractivity contribution in [2.24, 2.45) is 5.73 Å². The fourth-order valence-corrected chi connectivity index (χ4v) is 2.35. The smallest absolute Gasteiger partial charge is 0.113 e. The molecule has 0 bridgehead atoms. The third kappa shape index (κ3) is 4.02. The molecule has 0 aromatic carbocycles. The van der Waals surface area contributed by atoms with Gasteiger partial charge in [-0.05, 0) is 13.8 Å². The van der Waals surface area contributed by atoms with E-state index in [4.69, 9.17) is 10.5 Å². The van der Waals surface area contributed by atoms with E-state index in [0.29, 0.717) is 6.54 Å². The number of hydrogen-bond acceptors (Lipinski definition) is 5. The van der Waals surface area contributed by atoms with E-state index in [1.807, 2.05) is 12.3 Å². The van der Waals surface area contributed by atoms with Crippen molar-refractivity contribution >= 4 is 11.3 Å². The zero-order valence-corrected chi connectivity index (χ0v) is 12.6. The summed E-state index contributed by atoms with van der Waals surface area (Å²) >= 11 is 1.63. The SMILES string of the molecule is CC(O)C(C)OC(CN)c1csc(C(C)(C)C)n1. The molecule has 3 unspecified atom stereocenters. The minimum absolute atomic E-state index is 0.0396. The maximum absolute atomic E-state index is 9.46. The molecule has 0 aliphatic rings. The van der Waals surface area contributed by atoms with E-state index in [0.717, 1.165) is 10.7 Å². The maximum Gasteiger partial charge on any atom is 0.113 e. The van der Waals surface area contributed by atoms with E-state index in [1.54, 1.807) is 18.3 Å². The molecule has 0 saturated heterocycles. The highest BCUT2D eigenvalue weighted by molar-refractivity contribution is 7.09. The number of ether oxygens (including phenoxy) is 1. The van der Waals surface area contributed by atoms with Gasteiger partial charge in [0.2, 0.25) is 0 Å². The van der Waals surface area contributed by atoms with Crippen LogP contribution in [-0.2, 0) is 10.2 Å². The minimum atomic E-state index is -0.514. The average molecular weight is 272 g/mol. The highest BCUT2D eigenvalue weighted by Crippen LogP contribution is 2.29. The standard InChI is InChI=1S/C13H24N2O2S/c1-8(16)9(2)17-11(6-14)10-7-18-12(15-10)13(3,4)5/h7-9,11,16H,6,14H2,1-5H3. The molecule has 1 heterocycles. The molecule has 0 fully saturated rings. The van der Waals surface area contributed by atoms with Crippen molar-refractivity contribution in [2.75, 3.05) is 6.54 Å². The molecule has 0 amide bonds. The first-order chi connectivity index (χ1) is 8.25. The van der Waals surface area contributed by atoms with Gasteiger partial charge in [0.1, 0.15) is 6.10 Å². The van der Waals surface area contributed by atoms with E-state index in [1.165, 1.54) is 0 Å². The van der Waals surface area contributed by atoms with Crippen LogP contribution in [0, 0.1) is 0 Å². The normalized spacial score (nSPS) is 17.5. The topological polar surface area (TPSA) is 68.4 Å². The summed E-state index contributed by atoms with van der Waals surface area (Å²) in [6.07, 6.45) is -1.01. The Kier molecular flexibility index (Phi) is 5.28. The summed E-state index contributed by atoms with van der Waals surface area (Å²) in [4.78, 5) is 4.60. The highest BCUT2D eigenvalue weighted by atomic mass is 32.1. The van der Waals surface area contributed by atoms with Gasteiger partial charge in [0.15, 0.2) is 0 Å². The molecule has 0 saturated carbocycles. The van der Waals surface area contributed by atoms with Gasteiger partial charge < -0.3 is 15.6 Å². The lowest BCUT2D eigenvalue weighted by Gasteiger charge is -2.22. The molecule has 18 heavy (non-hydrogen) atoms. The lowest BCUT2D eigenvalue weighted by atomic mass is 9.98. The van der Waals surface area contributed by atoms with Crippen LogP contribution in [0.15, 0.2) is 5.38 Å². The number of nitrogens with zero attached hydrogens (tertiary/aromatic N) is 1. The first kappa shape index (κ1) is 15.6. The Labute approximate surface area is 113 Å². The Balaban J connectivity index is 2.80. The number of thiazole rings is 1. The number of hydrogen-bond donors (Lipinski definition) is 2. The molecule has 104 valence electrons. The molecule has 0 radical (unpaired) electrons. The Morgan fingerprint density at radius 2 is 2.06 bits per heavy atom. The molecule has 3 atom stereocenters. The van der Waals surface area contributed by atoms with Crippen LogP contribution in [0.1, 0.15) is 51.4 Å². The molecular weight excluding hydrogens is 248 g/mol. The first-order valence-corrected chi connectivity index (χ1v) is 7.13. The molecule has 1 rings (SSSR count). The van der Waals surface area contributed by atoms with Crippen molar-refractivity contribution in [1.29, 1.82) is 0 Å². The lowest BCUT2D eigenvalue weighted by molar-refractivity contribution is -0.0604. The van der Waals surface area contributed by atoms with Crippen LogP contribution in [0.25, 0.3) is 0 Å². The zero-order valence-electron chi connectivity index (χ0n) is 11.8. The summed E-state index contributed by atoms with van der Waals surface area (Å²) in [5, 5.41) is 12.5. The molecule has 4 nitrogen and oxygen atoms in total. The van der Waals surface area contributed by atoms with Gasteiger partial charge in [-0.25, -0.2) is 4.98 Å². The van der Waals surface area contributed by atoms with Gasteiger partial charge in [-0.15, -0.1) is 11.3 Å². The van der Waals surface area contributed by atoms with Crippen molar-refractivity contribution in [3.05, 3.63) is 16.1 Å². The molecule has 1 aromatic heterocycles. The van der Waals surface area contributed by atoms with Gasteiger partial charge in [-0.2, -0.15) is 0 Å². The van der Waals surface area contributed by atoms with Crippen LogP contribution < -0.4 is 5.73 Å². The Hall–Kier alpha value is -0.490. The number of aliphatic hydroxyl groups excluding tert-OH is 1. The van der Waals surface area contributed by atoms with Crippen LogP contribution in [0.4, 0.5) is 0 Å². The van der Waals surface area contributed by atoms with Crippen LogP contribution >= 0.6 is 11.3 Å². The van der Waals surface area contributed by atoms with Crippen molar-refractivity contribution < 1.29 is 9.84 Å². The van der Waals surface area contributed by atoms with Gasteiger partial charge in [0.05, 0.1) is 22.9 Å². The number of aromatic nitrogens is 1. The van der Waals surface area contributed by atoms with Crippen molar-refractivity contribution in [3.63, 3.8) is 0 Å². The first-order valence-electron chi connectivity index (χ1n) is 6.25. The lowest BCUT2D eigenvalue weighted by Crippen LogP contribution is -2.28. The Morgan fingerprint density at radius 1 is 1.44 bits per heavy atom. The summed E-state index contributed by atoms with van der Waals surface area (Å²) in [7, 11) is 0. The predicted molar refractivity (Wildman–Crippen MR) is 74.8 cm³/mol. The van der Waals surface area contributed by atoms with Crippen LogP contribution in [-0.4, -0.2) is 28.8 Å². The second-order valence-corrected chi connectivity index (χ2v) is 6.49. The van der Waals surface area contributed by atoms with Gasteiger partial charge in [0.25, 0.3) is 0 Å². The monoisotopic (exact) mass is 272 g/mol. The van der Waals surface area contributed by atoms with E-state index in [-0.39, 0.29) is 17.6 Å². The number of rotatable bonds is 5.